The fourth-order valence-corrected chi connectivity index (χ4v) is 4.42. The van der Waals surface area contributed by atoms with Gasteiger partial charge < -0.3 is 14.0 Å². The second kappa shape index (κ2) is 8.31. The Kier molecular flexibility index (Phi) is 5.60. The predicted molar refractivity (Wildman–Crippen MR) is 121 cm³/mol. The van der Waals surface area contributed by atoms with Crippen molar-refractivity contribution < 1.29 is 14.3 Å². The normalized spacial score (nSPS) is 15.5. The summed E-state index contributed by atoms with van der Waals surface area (Å²) in [6.07, 6.45) is 3.97. The number of hydrogen-bond acceptors (Lipinski definition) is 5. The van der Waals surface area contributed by atoms with Gasteiger partial charge in [-0.25, -0.2) is 0 Å². The molecule has 148 valence electrons. The van der Waals surface area contributed by atoms with Gasteiger partial charge in [0.1, 0.15) is 10.9 Å². The Labute approximate surface area is 178 Å². The first-order chi connectivity index (χ1) is 14.1. The molecule has 0 saturated carbocycles. The maximum absolute atomic E-state index is 12.4. The fourth-order valence-electron chi connectivity index (χ4n) is 3.25. The van der Waals surface area contributed by atoms with Crippen LogP contribution in [-0.4, -0.2) is 40.5 Å². The highest BCUT2D eigenvalue weighted by molar-refractivity contribution is 8.26. The van der Waals surface area contributed by atoms with Crippen LogP contribution >= 0.6 is 24.0 Å². The van der Waals surface area contributed by atoms with Crippen molar-refractivity contribution in [1.29, 1.82) is 0 Å². The van der Waals surface area contributed by atoms with Crippen LogP contribution in [0.4, 0.5) is 0 Å². The molecule has 1 amide bonds. The van der Waals surface area contributed by atoms with Crippen LogP contribution in [0.25, 0.3) is 17.0 Å². The number of nitrogens with zero attached hydrogens (tertiary/aromatic N) is 2. The van der Waals surface area contributed by atoms with Crippen molar-refractivity contribution in [3.05, 3.63) is 65.2 Å². The molecule has 2 heterocycles. The summed E-state index contributed by atoms with van der Waals surface area (Å²) in [5.41, 5.74) is 2.08. The van der Waals surface area contributed by atoms with Crippen molar-refractivity contribution in [2.45, 2.75) is 6.54 Å². The van der Waals surface area contributed by atoms with Crippen molar-refractivity contribution in [2.24, 2.45) is 0 Å². The second-order valence-corrected chi connectivity index (χ2v) is 8.21. The van der Waals surface area contributed by atoms with E-state index >= 15 is 0 Å². The number of methoxy groups -OCH3 is 1. The molecule has 7 heteroatoms. The molecule has 0 spiro atoms. The Bertz CT molecular complexity index is 1120. The summed E-state index contributed by atoms with van der Waals surface area (Å²) < 4.78 is 14.0. The van der Waals surface area contributed by atoms with Crippen LogP contribution in [0.5, 0.6) is 11.5 Å². The lowest BCUT2D eigenvalue weighted by Gasteiger charge is -2.11. The van der Waals surface area contributed by atoms with Crippen molar-refractivity contribution >= 4 is 51.2 Å². The number of benzene rings is 2. The molecule has 1 aliphatic heterocycles. The van der Waals surface area contributed by atoms with Gasteiger partial charge in [-0.15, -0.1) is 0 Å². The number of carbonyl (C=O) groups is 1. The lowest BCUT2D eigenvalue weighted by Crippen LogP contribution is -2.22. The van der Waals surface area contributed by atoms with E-state index < -0.39 is 0 Å². The monoisotopic (exact) mass is 424 g/mol. The fraction of sp³-hybridized carbons (Fsp3) is 0.182. The third kappa shape index (κ3) is 3.88. The van der Waals surface area contributed by atoms with Crippen molar-refractivity contribution in [3.8, 4) is 11.5 Å². The first kappa shape index (κ1) is 19.5. The zero-order valence-corrected chi connectivity index (χ0v) is 17.8. The highest BCUT2D eigenvalue weighted by Crippen LogP contribution is 2.33. The molecule has 0 unspecified atom stereocenters. The lowest BCUT2D eigenvalue weighted by atomic mass is 10.1. The number of carbonyl (C=O) groups excluding carboxylic acids is 1. The van der Waals surface area contributed by atoms with Crippen LogP contribution in [0.1, 0.15) is 5.56 Å². The molecule has 1 aromatic heterocycles. The third-order valence-electron chi connectivity index (χ3n) is 4.75. The number of aromatic nitrogens is 1. The maximum atomic E-state index is 12.4. The second-order valence-electron chi connectivity index (χ2n) is 6.54. The molecule has 0 bridgehead atoms. The standard InChI is InChI=1S/C22H20N2O3S2/c1-23-21(25)20(29-22(23)28)13-15-14-24(17-8-4-3-7-16(15)17)11-12-27-19-10-6-5-9-18(19)26-2/h3-10,13-14H,11-12H2,1-2H3/b20-13+. The van der Waals surface area contributed by atoms with Crippen LogP contribution in [0.15, 0.2) is 59.6 Å². The summed E-state index contributed by atoms with van der Waals surface area (Å²) in [5.74, 6) is 1.38. The van der Waals surface area contributed by atoms with E-state index in [1.807, 2.05) is 42.5 Å². The van der Waals surface area contributed by atoms with E-state index in [1.54, 1.807) is 14.2 Å². The van der Waals surface area contributed by atoms with Crippen LogP contribution in [0.2, 0.25) is 0 Å². The average Bonchev–Trinajstić information content (AvgIpc) is 3.21. The van der Waals surface area contributed by atoms with E-state index in [0.29, 0.717) is 28.1 Å². The Morgan fingerprint density at radius 1 is 1.10 bits per heavy atom. The van der Waals surface area contributed by atoms with Crippen LogP contribution in [0, 0.1) is 0 Å². The maximum Gasteiger partial charge on any atom is 0.265 e. The number of amides is 1. The van der Waals surface area contributed by atoms with Crippen molar-refractivity contribution in [2.75, 3.05) is 20.8 Å². The van der Waals surface area contributed by atoms with E-state index in [9.17, 15) is 4.79 Å². The topological polar surface area (TPSA) is 43.7 Å². The minimum atomic E-state index is -0.0589. The van der Waals surface area contributed by atoms with Gasteiger partial charge >= 0.3 is 0 Å². The molecule has 5 nitrogen and oxygen atoms in total. The molecule has 1 saturated heterocycles. The smallest absolute Gasteiger partial charge is 0.265 e. The van der Waals surface area contributed by atoms with E-state index in [4.69, 9.17) is 21.7 Å². The molecule has 29 heavy (non-hydrogen) atoms. The van der Waals surface area contributed by atoms with E-state index in [2.05, 4.69) is 22.9 Å². The minimum Gasteiger partial charge on any atom is -0.493 e. The molecule has 3 aromatic rings. The highest BCUT2D eigenvalue weighted by atomic mass is 32.2. The van der Waals surface area contributed by atoms with Crippen molar-refractivity contribution in [1.82, 2.24) is 9.47 Å². The van der Waals surface area contributed by atoms with Crippen LogP contribution in [0.3, 0.4) is 0 Å². The predicted octanol–water partition coefficient (Wildman–Crippen LogP) is 4.56. The molecular formula is C22H20N2O3S2. The van der Waals surface area contributed by atoms with E-state index in [0.717, 1.165) is 22.2 Å². The van der Waals surface area contributed by atoms with Gasteiger partial charge in [0.15, 0.2) is 11.5 Å². The van der Waals surface area contributed by atoms with Gasteiger partial charge in [0.2, 0.25) is 0 Å². The summed E-state index contributed by atoms with van der Waals surface area (Å²) in [4.78, 5) is 14.5. The number of rotatable bonds is 6. The first-order valence-electron chi connectivity index (χ1n) is 9.13. The van der Waals surface area contributed by atoms with E-state index in [1.165, 1.54) is 16.7 Å². The Morgan fingerprint density at radius 2 is 1.83 bits per heavy atom. The number of thioether (sulfide) groups is 1. The first-order valence-corrected chi connectivity index (χ1v) is 10.4. The Hall–Kier alpha value is -2.77. The molecule has 2 aromatic carbocycles. The van der Waals surface area contributed by atoms with Gasteiger partial charge in [0.25, 0.3) is 5.91 Å². The number of thiocarbonyl (C=S) groups is 1. The minimum absolute atomic E-state index is 0.0589. The van der Waals surface area contributed by atoms with Gasteiger partial charge in [-0.05, 0) is 24.3 Å². The van der Waals surface area contributed by atoms with Crippen molar-refractivity contribution in [3.63, 3.8) is 0 Å². The Balaban J connectivity index is 1.58. The zero-order chi connectivity index (χ0) is 20.4. The summed E-state index contributed by atoms with van der Waals surface area (Å²) in [6, 6.07) is 15.7. The summed E-state index contributed by atoms with van der Waals surface area (Å²) in [6.45, 7) is 1.16. The molecule has 1 fully saturated rings. The zero-order valence-electron chi connectivity index (χ0n) is 16.1. The molecule has 0 radical (unpaired) electrons. The molecule has 0 aliphatic carbocycles. The highest BCUT2D eigenvalue weighted by Gasteiger charge is 2.29. The largest absolute Gasteiger partial charge is 0.493 e. The van der Waals surface area contributed by atoms with Gasteiger partial charge in [0, 0.05) is 29.7 Å². The van der Waals surface area contributed by atoms with Gasteiger partial charge in [-0.1, -0.05) is 54.3 Å². The van der Waals surface area contributed by atoms with Gasteiger partial charge in [-0.2, -0.15) is 0 Å². The number of para-hydroxylation sites is 3. The van der Waals surface area contributed by atoms with E-state index in [-0.39, 0.29) is 5.91 Å². The summed E-state index contributed by atoms with van der Waals surface area (Å²) in [5, 5.41) is 1.09. The van der Waals surface area contributed by atoms with Gasteiger partial charge in [-0.3, -0.25) is 9.69 Å². The molecule has 0 N–H and O–H groups in total. The molecular weight excluding hydrogens is 404 g/mol. The number of fused-ring (bicyclic) bond motifs is 1. The molecule has 1 aliphatic rings. The quantitative estimate of drug-likeness (QED) is 0.429. The van der Waals surface area contributed by atoms with Gasteiger partial charge in [0.05, 0.1) is 18.6 Å². The number of hydrogen-bond donors (Lipinski definition) is 0. The SMILES string of the molecule is COc1ccccc1OCCn1cc(/C=C2/SC(=S)N(C)C2=O)c2ccccc21. The average molecular weight is 425 g/mol. The Morgan fingerprint density at radius 3 is 2.55 bits per heavy atom. The number of likely N-dealkylation sites (N-methyl/N-ethyl adjacent to an activating group) is 1. The van der Waals surface area contributed by atoms with Crippen LogP contribution in [-0.2, 0) is 11.3 Å². The number of ether oxygens (including phenoxy) is 2. The summed E-state index contributed by atoms with van der Waals surface area (Å²) >= 11 is 6.57. The molecule has 4 rings (SSSR count). The third-order valence-corrected chi connectivity index (χ3v) is 6.24. The van der Waals surface area contributed by atoms with Crippen LogP contribution < -0.4 is 9.47 Å². The summed E-state index contributed by atoms with van der Waals surface area (Å²) in [7, 11) is 3.34. The molecule has 0 atom stereocenters. The lowest BCUT2D eigenvalue weighted by molar-refractivity contribution is -0.121.